The Hall–Kier alpha value is -2.68. The van der Waals surface area contributed by atoms with Gasteiger partial charge in [-0.15, -0.1) is 0 Å². The van der Waals surface area contributed by atoms with Gasteiger partial charge in [0.2, 0.25) is 0 Å². The van der Waals surface area contributed by atoms with Crippen LogP contribution in [0, 0.1) is 6.92 Å². The van der Waals surface area contributed by atoms with E-state index in [4.69, 9.17) is 16.6 Å². The van der Waals surface area contributed by atoms with Gasteiger partial charge in [0.25, 0.3) is 0 Å². The number of halogens is 1. The van der Waals surface area contributed by atoms with Gasteiger partial charge in [-0.2, -0.15) is 15.0 Å². The van der Waals surface area contributed by atoms with Gasteiger partial charge in [0.15, 0.2) is 0 Å². The molecule has 1 aliphatic rings. The zero-order valence-electron chi connectivity index (χ0n) is 18.7. The van der Waals surface area contributed by atoms with Crippen LogP contribution in [0.4, 0.5) is 0 Å². The molecule has 4 aromatic rings. The Bertz CT molecular complexity index is 1300. The first-order valence-corrected chi connectivity index (χ1v) is 12.3. The molecule has 0 aliphatic carbocycles. The second-order valence-electron chi connectivity index (χ2n) is 8.50. The summed E-state index contributed by atoms with van der Waals surface area (Å²) in [6.07, 6.45) is 8.14. The second-order valence-corrected chi connectivity index (χ2v) is 10.1. The first kappa shape index (κ1) is 22.1. The Balaban J connectivity index is 1.40. The van der Waals surface area contributed by atoms with Crippen LogP contribution in [0.3, 0.4) is 0 Å². The number of carbonyl (C=O) groups excluding carboxylic acids is 1. The van der Waals surface area contributed by atoms with Crippen LogP contribution in [0.15, 0.2) is 36.8 Å². The highest BCUT2D eigenvalue weighted by Gasteiger charge is 2.26. The number of benzene rings is 1. The third-order valence-electron chi connectivity index (χ3n) is 6.20. The van der Waals surface area contributed by atoms with Crippen molar-refractivity contribution in [3.05, 3.63) is 63.5 Å². The molecule has 1 unspecified atom stereocenters. The van der Waals surface area contributed by atoms with E-state index in [1.807, 2.05) is 31.3 Å². The highest BCUT2D eigenvalue weighted by Crippen LogP contribution is 2.34. The monoisotopic (exact) mass is 480 g/mol. The summed E-state index contributed by atoms with van der Waals surface area (Å²) in [5.41, 5.74) is 4.63. The van der Waals surface area contributed by atoms with Gasteiger partial charge in [0.05, 0.1) is 22.4 Å². The number of nitrogens with zero attached hydrogens (tertiary/aromatic N) is 6. The minimum atomic E-state index is 0.124. The molecule has 1 aromatic carbocycles. The number of hydrogen-bond donors (Lipinski definition) is 0. The van der Waals surface area contributed by atoms with Crippen molar-refractivity contribution in [3.8, 4) is 5.69 Å². The Kier molecular flexibility index (Phi) is 6.23. The van der Waals surface area contributed by atoms with Crippen LogP contribution in [0.25, 0.3) is 16.0 Å². The molecular weight excluding hydrogens is 456 g/mol. The standard InChI is InChI=1S/C24H25ClN6OS/c1-15(30-9-3-4-10-30)22-18(14-26-24-23(22)29-16(2)33-24)13-19(32)11-17-5-6-21(20(25)12-17)31-27-7-8-28-31/h5-8,12,14-15H,3-4,9-11,13H2,1-2H3. The maximum atomic E-state index is 13.1. The van der Waals surface area contributed by atoms with E-state index in [2.05, 4.69) is 27.0 Å². The molecule has 33 heavy (non-hydrogen) atoms. The summed E-state index contributed by atoms with van der Waals surface area (Å²) in [5, 5.41) is 9.75. The van der Waals surface area contributed by atoms with Crippen molar-refractivity contribution in [2.45, 2.75) is 45.6 Å². The van der Waals surface area contributed by atoms with Crippen LogP contribution in [0.5, 0.6) is 0 Å². The average Bonchev–Trinajstić information content (AvgIpc) is 3.54. The lowest BCUT2D eigenvalue weighted by molar-refractivity contribution is -0.117. The van der Waals surface area contributed by atoms with Crippen LogP contribution in [-0.4, -0.2) is 48.7 Å². The number of carbonyl (C=O) groups is 1. The molecule has 3 aromatic heterocycles. The maximum Gasteiger partial charge on any atom is 0.143 e. The summed E-state index contributed by atoms with van der Waals surface area (Å²) >= 11 is 8.04. The van der Waals surface area contributed by atoms with E-state index in [1.54, 1.807) is 23.7 Å². The summed E-state index contributed by atoms with van der Waals surface area (Å²) in [6, 6.07) is 5.77. The molecule has 0 N–H and O–H groups in total. The molecule has 5 rings (SSSR count). The highest BCUT2D eigenvalue weighted by molar-refractivity contribution is 7.18. The number of aryl methyl sites for hydroxylation is 1. The third kappa shape index (κ3) is 4.55. The molecule has 1 atom stereocenters. The number of hydrogen-bond acceptors (Lipinski definition) is 7. The molecule has 1 aliphatic heterocycles. The largest absolute Gasteiger partial charge is 0.299 e. The van der Waals surface area contributed by atoms with E-state index in [1.165, 1.54) is 17.6 Å². The van der Waals surface area contributed by atoms with E-state index in [0.717, 1.165) is 45.1 Å². The van der Waals surface area contributed by atoms with Crippen LogP contribution in [0.1, 0.15) is 47.5 Å². The lowest BCUT2D eigenvalue weighted by atomic mass is 9.95. The fraction of sp³-hybridized carbons (Fsp3) is 0.375. The smallest absolute Gasteiger partial charge is 0.143 e. The normalized spacial score (nSPS) is 15.4. The van der Waals surface area contributed by atoms with Gasteiger partial charge >= 0.3 is 0 Å². The van der Waals surface area contributed by atoms with Gasteiger partial charge < -0.3 is 0 Å². The summed E-state index contributed by atoms with van der Waals surface area (Å²) in [5.74, 6) is 0.124. The number of Topliss-reactive ketones (excluding diaryl/α,β-unsaturated/α-hetero) is 1. The van der Waals surface area contributed by atoms with Crippen molar-refractivity contribution in [2.75, 3.05) is 13.1 Å². The maximum absolute atomic E-state index is 13.1. The summed E-state index contributed by atoms with van der Waals surface area (Å²) in [7, 11) is 0. The Labute approximate surface area is 201 Å². The number of pyridine rings is 1. The van der Waals surface area contributed by atoms with Crippen LogP contribution < -0.4 is 0 Å². The van der Waals surface area contributed by atoms with Gasteiger partial charge in [-0.05, 0) is 63.0 Å². The van der Waals surface area contributed by atoms with Crippen molar-refractivity contribution in [1.82, 2.24) is 29.9 Å². The predicted molar refractivity (Wildman–Crippen MR) is 130 cm³/mol. The van der Waals surface area contributed by atoms with E-state index in [0.29, 0.717) is 23.6 Å². The van der Waals surface area contributed by atoms with Crippen LogP contribution >= 0.6 is 22.9 Å². The summed E-state index contributed by atoms with van der Waals surface area (Å²) in [6.45, 7) is 6.40. The van der Waals surface area contributed by atoms with Crippen LogP contribution in [-0.2, 0) is 17.6 Å². The minimum absolute atomic E-state index is 0.124. The third-order valence-corrected chi connectivity index (χ3v) is 7.38. The Morgan fingerprint density at radius 3 is 2.67 bits per heavy atom. The number of aromatic nitrogens is 5. The lowest BCUT2D eigenvalue weighted by Gasteiger charge is -2.26. The molecule has 0 radical (unpaired) electrons. The summed E-state index contributed by atoms with van der Waals surface area (Å²) < 4.78 is 0. The molecule has 7 nitrogen and oxygen atoms in total. The number of rotatable bonds is 7. The SMILES string of the molecule is Cc1nc2c(C(C)N3CCCC3)c(CC(=O)Cc3ccc(-n4nccn4)c(Cl)c3)cnc2s1. The average molecular weight is 481 g/mol. The number of fused-ring (bicyclic) bond motifs is 1. The first-order chi connectivity index (χ1) is 16.0. The van der Waals surface area contributed by atoms with Crippen molar-refractivity contribution in [1.29, 1.82) is 0 Å². The molecule has 0 spiro atoms. The number of thiazole rings is 1. The molecule has 9 heteroatoms. The molecule has 0 amide bonds. The van der Waals surface area contributed by atoms with E-state index in [9.17, 15) is 4.79 Å². The van der Waals surface area contributed by atoms with Gasteiger partial charge in [0, 0.05) is 30.6 Å². The lowest BCUT2D eigenvalue weighted by Crippen LogP contribution is -2.25. The zero-order chi connectivity index (χ0) is 22.9. The molecule has 1 saturated heterocycles. The fourth-order valence-corrected chi connectivity index (χ4v) is 5.67. The first-order valence-electron chi connectivity index (χ1n) is 11.2. The molecule has 170 valence electrons. The predicted octanol–water partition coefficient (Wildman–Crippen LogP) is 4.74. The Morgan fingerprint density at radius 1 is 1.18 bits per heavy atom. The topological polar surface area (TPSA) is 76.8 Å². The van der Waals surface area contributed by atoms with E-state index >= 15 is 0 Å². The van der Waals surface area contributed by atoms with Gasteiger partial charge in [-0.3, -0.25) is 9.69 Å². The molecule has 0 bridgehead atoms. The van der Waals surface area contributed by atoms with Gasteiger partial charge in [-0.1, -0.05) is 29.0 Å². The second kappa shape index (κ2) is 9.29. The Morgan fingerprint density at radius 2 is 1.94 bits per heavy atom. The van der Waals surface area contributed by atoms with Gasteiger partial charge in [0.1, 0.15) is 21.8 Å². The quantitative estimate of drug-likeness (QED) is 0.380. The number of likely N-dealkylation sites (tertiary alicyclic amines) is 1. The van der Waals surface area contributed by atoms with Crippen LogP contribution in [0.2, 0.25) is 5.02 Å². The molecular formula is C24H25ClN6OS. The molecule has 1 fully saturated rings. The van der Waals surface area contributed by atoms with Crippen molar-refractivity contribution in [3.63, 3.8) is 0 Å². The molecule has 0 saturated carbocycles. The minimum Gasteiger partial charge on any atom is -0.299 e. The zero-order valence-corrected chi connectivity index (χ0v) is 20.2. The van der Waals surface area contributed by atoms with Crippen molar-refractivity contribution >= 4 is 39.1 Å². The highest BCUT2D eigenvalue weighted by atomic mass is 35.5. The van der Waals surface area contributed by atoms with E-state index in [-0.39, 0.29) is 11.8 Å². The van der Waals surface area contributed by atoms with Gasteiger partial charge in [-0.25, -0.2) is 9.97 Å². The summed E-state index contributed by atoms with van der Waals surface area (Å²) in [4.78, 5) is 27.4. The molecule has 4 heterocycles. The van der Waals surface area contributed by atoms with Crippen molar-refractivity contribution in [2.24, 2.45) is 0 Å². The fourth-order valence-electron chi connectivity index (χ4n) is 4.62. The van der Waals surface area contributed by atoms with Crippen molar-refractivity contribution < 1.29 is 4.79 Å². The van der Waals surface area contributed by atoms with E-state index < -0.39 is 0 Å². The number of ketones is 1.